The predicted octanol–water partition coefficient (Wildman–Crippen LogP) is 3.56. The van der Waals surface area contributed by atoms with E-state index >= 15 is 0 Å². The van der Waals surface area contributed by atoms with Crippen molar-refractivity contribution in [2.24, 2.45) is 0 Å². The molecule has 0 saturated carbocycles. The molecule has 1 aromatic heterocycles. The second-order valence-electron chi connectivity index (χ2n) is 3.56. The smallest absolute Gasteiger partial charge is 0.203 e. The number of nitrogens with zero attached hydrogens (tertiary/aromatic N) is 1. The quantitative estimate of drug-likeness (QED) is 0.796. The van der Waals surface area contributed by atoms with Gasteiger partial charge in [-0.25, -0.2) is 4.39 Å². The van der Waals surface area contributed by atoms with Crippen LogP contribution in [0.2, 0.25) is 5.22 Å². The summed E-state index contributed by atoms with van der Waals surface area (Å²) in [5.74, 6) is -2.42. The molecule has 2 aromatic rings. The van der Waals surface area contributed by atoms with Gasteiger partial charge in [-0.1, -0.05) is 18.2 Å². The van der Waals surface area contributed by atoms with Crippen LogP contribution in [0.1, 0.15) is 21.8 Å². The molecule has 1 heterocycles. The van der Waals surface area contributed by atoms with E-state index in [0.717, 1.165) is 0 Å². The lowest BCUT2D eigenvalue weighted by Gasteiger charge is -2.08. The van der Waals surface area contributed by atoms with E-state index in [4.69, 9.17) is 21.3 Å². The second-order valence-corrected chi connectivity index (χ2v) is 3.90. The molecule has 0 fully saturated rings. The van der Waals surface area contributed by atoms with Crippen molar-refractivity contribution >= 4 is 17.4 Å². The summed E-state index contributed by atoms with van der Waals surface area (Å²) >= 11 is 5.67. The van der Waals surface area contributed by atoms with E-state index in [-0.39, 0.29) is 16.3 Å². The summed E-state index contributed by atoms with van der Waals surface area (Å²) in [4.78, 5) is 12.1. The first kappa shape index (κ1) is 12.3. The van der Waals surface area contributed by atoms with E-state index in [9.17, 15) is 9.18 Å². The third-order valence-electron chi connectivity index (χ3n) is 2.49. The maximum absolute atomic E-state index is 13.6. The van der Waals surface area contributed by atoms with Gasteiger partial charge in [-0.05, 0) is 23.7 Å². The van der Waals surface area contributed by atoms with Gasteiger partial charge in [0.05, 0.1) is 17.9 Å². The highest BCUT2D eigenvalue weighted by Gasteiger charge is 2.27. The average Bonchev–Trinajstić information content (AvgIpc) is 2.78. The van der Waals surface area contributed by atoms with E-state index in [1.807, 2.05) is 0 Å². The van der Waals surface area contributed by atoms with Gasteiger partial charge in [-0.2, -0.15) is 5.26 Å². The summed E-state index contributed by atoms with van der Waals surface area (Å²) in [6, 6.07) is 8.79. The zero-order chi connectivity index (χ0) is 13.1. The first-order chi connectivity index (χ1) is 8.65. The van der Waals surface area contributed by atoms with Crippen LogP contribution in [-0.2, 0) is 0 Å². The zero-order valence-electron chi connectivity index (χ0n) is 9.06. The topological polar surface area (TPSA) is 54.0 Å². The number of halogens is 2. The van der Waals surface area contributed by atoms with Crippen molar-refractivity contribution in [2.75, 3.05) is 0 Å². The molecule has 0 aliphatic rings. The fourth-order valence-electron chi connectivity index (χ4n) is 1.60. The number of nitriles is 1. The summed E-state index contributed by atoms with van der Waals surface area (Å²) < 4.78 is 18.4. The largest absolute Gasteiger partial charge is 0.452 e. The van der Waals surface area contributed by atoms with Crippen LogP contribution in [0.4, 0.5) is 4.39 Å². The van der Waals surface area contributed by atoms with Crippen LogP contribution in [0, 0.1) is 17.1 Å². The van der Waals surface area contributed by atoms with E-state index in [0.29, 0.717) is 0 Å². The van der Waals surface area contributed by atoms with Crippen molar-refractivity contribution in [3.05, 3.63) is 58.8 Å². The Morgan fingerprint density at radius 2 is 2.11 bits per heavy atom. The Labute approximate surface area is 107 Å². The maximum Gasteiger partial charge on any atom is 0.203 e. The predicted molar refractivity (Wildman–Crippen MR) is 62.8 cm³/mol. The van der Waals surface area contributed by atoms with Crippen LogP contribution in [0.5, 0.6) is 0 Å². The Bertz CT molecular complexity index is 630. The number of hydrogen-bond acceptors (Lipinski definition) is 3. The minimum Gasteiger partial charge on any atom is -0.452 e. The molecule has 5 heteroatoms. The molecule has 0 saturated heterocycles. The normalized spacial score (nSPS) is 11.8. The minimum absolute atomic E-state index is 0.0299. The first-order valence-electron chi connectivity index (χ1n) is 5.06. The van der Waals surface area contributed by atoms with Gasteiger partial charge in [0.1, 0.15) is 11.7 Å². The number of hydrogen-bond donors (Lipinski definition) is 0. The number of carbonyl (C=O) groups excluding carboxylic acids is 1. The third kappa shape index (κ3) is 2.13. The van der Waals surface area contributed by atoms with Crippen LogP contribution in [0.15, 0.2) is 41.0 Å². The van der Waals surface area contributed by atoms with E-state index in [1.54, 1.807) is 12.1 Å². The van der Waals surface area contributed by atoms with Crippen molar-refractivity contribution in [3.63, 3.8) is 0 Å². The molecule has 0 bridgehead atoms. The Hall–Kier alpha value is -2.12. The lowest BCUT2D eigenvalue weighted by Crippen LogP contribution is -2.12. The second kappa shape index (κ2) is 5.03. The highest BCUT2D eigenvalue weighted by atomic mass is 35.5. The average molecular weight is 264 g/mol. The molecule has 1 atom stereocenters. The van der Waals surface area contributed by atoms with Crippen LogP contribution < -0.4 is 0 Å². The summed E-state index contributed by atoms with van der Waals surface area (Å²) in [5, 5.41) is 8.95. The first-order valence-corrected chi connectivity index (χ1v) is 5.44. The van der Waals surface area contributed by atoms with Gasteiger partial charge >= 0.3 is 0 Å². The fourth-order valence-corrected chi connectivity index (χ4v) is 1.81. The SMILES string of the molecule is N#CC(C(=O)c1ccoc1Cl)c1ccccc1F. The molecule has 2 rings (SSSR count). The monoisotopic (exact) mass is 263 g/mol. The zero-order valence-corrected chi connectivity index (χ0v) is 9.82. The van der Waals surface area contributed by atoms with E-state index in [1.165, 1.54) is 30.5 Å². The molecule has 0 spiro atoms. The minimum atomic E-state index is -1.23. The molecule has 18 heavy (non-hydrogen) atoms. The van der Waals surface area contributed by atoms with Gasteiger partial charge in [0.2, 0.25) is 5.22 Å². The molecule has 0 aliphatic carbocycles. The Morgan fingerprint density at radius 1 is 1.39 bits per heavy atom. The van der Waals surface area contributed by atoms with Crippen molar-refractivity contribution in [1.29, 1.82) is 5.26 Å². The highest BCUT2D eigenvalue weighted by molar-refractivity contribution is 6.32. The number of carbonyl (C=O) groups is 1. The van der Waals surface area contributed by atoms with E-state index < -0.39 is 17.5 Å². The number of benzene rings is 1. The fraction of sp³-hybridized carbons (Fsp3) is 0.0769. The molecule has 0 radical (unpaired) electrons. The van der Waals surface area contributed by atoms with Crippen LogP contribution in [0.25, 0.3) is 0 Å². The van der Waals surface area contributed by atoms with Gasteiger partial charge in [0.25, 0.3) is 0 Å². The molecular weight excluding hydrogens is 257 g/mol. The molecule has 90 valence electrons. The van der Waals surface area contributed by atoms with Gasteiger partial charge in [-0.15, -0.1) is 0 Å². The molecule has 0 N–H and O–H groups in total. The number of Topliss-reactive ketones (excluding diaryl/α,β-unsaturated/α-hetero) is 1. The Kier molecular flexibility index (Phi) is 3.45. The summed E-state index contributed by atoms with van der Waals surface area (Å²) in [6.07, 6.45) is 1.24. The lowest BCUT2D eigenvalue weighted by atomic mass is 9.92. The standard InChI is InChI=1S/C13H7ClFNO2/c14-13-9(5-6-18-13)12(17)10(7-16)8-3-1-2-4-11(8)15/h1-6,10H. The van der Waals surface area contributed by atoms with Crippen LogP contribution in [-0.4, -0.2) is 5.78 Å². The summed E-state index contributed by atoms with van der Waals surface area (Å²) in [6.45, 7) is 0. The van der Waals surface area contributed by atoms with Crippen molar-refractivity contribution in [2.45, 2.75) is 5.92 Å². The maximum atomic E-state index is 13.6. The molecule has 0 amide bonds. The van der Waals surface area contributed by atoms with Crippen LogP contribution >= 0.6 is 11.6 Å². The van der Waals surface area contributed by atoms with E-state index in [2.05, 4.69) is 0 Å². The van der Waals surface area contributed by atoms with Gasteiger partial charge in [-0.3, -0.25) is 4.79 Å². The number of furan rings is 1. The summed E-state index contributed by atoms with van der Waals surface area (Å²) in [7, 11) is 0. The number of ketones is 1. The highest BCUT2D eigenvalue weighted by Crippen LogP contribution is 2.27. The molecular formula is C13H7ClFNO2. The third-order valence-corrected chi connectivity index (χ3v) is 2.78. The Morgan fingerprint density at radius 3 is 2.67 bits per heavy atom. The molecule has 0 aliphatic heterocycles. The molecule has 3 nitrogen and oxygen atoms in total. The van der Waals surface area contributed by atoms with Gasteiger partial charge in [0.15, 0.2) is 5.78 Å². The van der Waals surface area contributed by atoms with Crippen molar-refractivity contribution < 1.29 is 13.6 Å². The van der Waals surface area contributed by atoms with Crippen molar-refractivity contribution in [3.8, 4) is 6.07 Å². The van der Waals surface area contributed by atoms with Gasteiger partial charge in [0, 0.05) is 5.56 Å². The van der Waals surface area contributed by atoms with Gasteiger partial charge < -0.3 is 4.42 Å². The Balaban J connectivity index is 2.43. The lowest BCUT2D eigenvalue weighted by molar-refractivity contribution is 0.0977. The molecule has 1 unspecified atom stereocenters. The summed E-state index contributed by atoms with van der Waals surface area (Å²) in [5.41, 5.74) is 0.105. The number of rotatable bonds is 3. The van der Waals surface area contributed by atoms with Crippen LogP contribution in [0.3, 0.4) is 0 Å². The molecule has 1 aromatic carbocycles. The van der Waals surface area contributed by atoms with Crippen molar-refractivity contribution in [1.82, 2.24) is 0 Å².